The van der Waals surface area contributed by atoms with Gasteiger partial charge in [0.1, 0.15) is 22.8 Å². The molecule has 6 atom stereocenters. The van der Waals surface area contributed by atoms with Gasteiger partial charge in [-0.15, -0.1) is 0 Å². The predicted molar refractivity (Wildman–Crippen MR) is 163 cm³/mol. The van der Waals surface area contributed by atoms with Crippen LogP contribution in [0.25, 0.3) is 11.1 Å². The summed E-state index contributed by atoms with van der Waals surface area (Å²) in [6, 6.07) is 10.8. The molecule has 0 aromatic heterocycles. The molecule has 1 aliphatic heterocycles. The normalized spacial score (nSPS) is 30.1. The third-order valence-electron chi connectivity index (χ3n) is 9.92. The number of primary amides is 1. The number of hydrogen-bond donors (Lipinski definition) is 5. The molecule has 230 valence electrons. The van der Waals surface area contributed by atoms with Gasteiger partial charge in [-0.2, -0.15) is 0 Å². The predicted octanol–water partition coefficient (Wildman–Crippen LogP) is 2.94. The van der Waals surface area contributed by atoms with Gasteiger partial charge in [0.05, 0.1) is 11.6 Å². The van der Waals surface area contributed by atoms with E-state index in [1.165, 1.54) is 11.0 Å². The molecule has 0 radical (unpaired) electrons. The fraction of sp³-hybridized carbons (Fsp3) is 0.382. The molecule has 0 bridgehead atoms. The molecule has 0 saturated carbocycles. The lowest BCUT2D eigenvalue weighted by molar-refractivity contribution is -0.148. The molecule has 10 heteroatoms. The van der Waals surface area contributed by atoms with E-state index in [9.17, 15) is 34.8 Å². The average Bonchev–Trinajstić information content (AvgIpc) is 3.27. The minimum absolute atomic E-state index is 0.000303. The lowest BCUT2D eigenvalue weighted by atomic mass is 9.58. The van der Waals surface area contributed by atoms with E-state index in [1.54, 1.807) is 20.2 Å². The average molecular weight is 600 g/mol. The van der Waals surface area contributed by atoms with Crippen LogP contribution in [0, 0.1) is 11.8 Å². The van der Waals surface area contributed by atoms with Crippen molar-refractivity contribution in [1.29, 1.82) is 0 Å². The van der Waals surface area contributed by atoms with Crippen LogP contribution in [-0.4, -0.2) is 85.5 Å². The minimum Gasteiger partial charge on any atom is -0.510 e. The number of nitrogens with zero attached hydrogens (tertiary/aromatic N) is 2. The standard InChI is InChI=1S/C34H37N3O7/c1-16-8-9-17(2)37(16)15-18-6-5-7-19(12-18)21-10-11-24(38)26-22(21)13-20-14-23-28(36(3)4)30(40)27(33(35)43)32(42)34(23,44)31(41)25(20)29(26)39/h5-12,16-17,20,23,28,38,40-41,44H,13-15H2,1-4H3,(H2,35,43)/t16?,17?,20-,23-,28-,34-/m0/s1. The van der Waals surface area contributed by atoms with Crippen LogP contribution in [0.1, 0.15) is 41.8 Å². The van der Waals surface area contributed by atoms with Crippen LogP contribution in [0.5, 0.6) is 5.75 Å². The lowest BCUT2D eigenvalue weighted by Crippen LogP contribution is -2.63. The number of carbonyl (C=O) groups is 3. The summed E-state index contributed by atoms with van der Waals surface area (Å²) in [6.45, 7) is 5.04. The molecule has 1 amide bonds. The molecule has 0 spiro atoms. The van der Waals surface area contributed by atoms with Crippen LogP contribution in [0.3, 0.4) is 0 Å². The zero-order chi connectivity index (χ0) is 31.8. The summed E-state index contributed by atoms with van der Waals surface area (Å²) in [4.78, 5) is 43.7. The maximum Gasteiger partial charge on any atom is 0.255 e. The van der Waals surface area contributed by atoms with Gasteiger partial charge in [-0.25, -0.2) is 0 Å². The highest BCUT2D eigenvalue weighted by Crippen LogP contribution is 2.53. The van der Waals surface area contributed by atoms with Crippen molar-refractivity contribution in [2.75, 3.05) is 14.1 Å². The summed E-state index contributed by atoms with van der Waals surface area (Å²) in [7, 11) is 3.21. The molecule has 0 fully saturated rings. The summed E-state index contributed by atoms with van der Waals surface area (Å²) in [5.41, 5.74) is 5.08. The Kier molecular flexibility index (Phi) is 7.07. The van der Waals surface area contributed by atoms with E-state index in [0.717, 1.165) is 23.2 Å². The van der Waals surface area contributed by atoms with Gasteiger partial charge in [-0.05, 0) is 81.1 Å². The van der Waals surface area contributed by atoms with Crippen molar-refractivity contribution in [2.45, 2.75) is 57.0 Å². The summed E-state index contributed by atoms with van der Waals surface area (Å²) >= 11 is 0. The number of hydrogen-bond acceptors (Lipinski definition) is 9. The molecule has 4 aliphatic rings. The van der Waals surface area contributed by atoms with E-state index in [0.29, 0.717) is 17.6 Å². The van der Waals surface area contributed by atoms with E-state index < -0.39 is 58.0 Å². The molecule has 0 saturated heterocycles. The molecule has 2 aromatic rings. The van der Waals surface area contributed by atoms with E-state index >= 15 is 0 Å². The number of aliphatic hydroxyl groups excluding tert-OH is 2. The van der Waals surface area contributed by atoms with Crippen LogP contribution in [0.15, 0.2) is 71.2 Å². The second-order valence-corrected chi connectivity index (χ2v) is 12.7. The zero-order valence-electron chi connectivity index (χ0n) is 25.1. The van der Waals surface area contributed by atoms with Gasteiger partial charge in [-0.3, -0.25) is 24.2 Å². The number of ketones is 2. The van der Waals surface area contributed by atoms with Crippen molar-refractivity contribution >= 4 is 17.5 Å². The smallest absolute Gasteiger partial charge is 0.255 e. The Bertz CT molecular complexity index is 1690. The van der Waals surface area contributed by atoms with Crippen molar-refractivity contribution in [3.63, 3.8) is 0 Å². The number of allylic oxidation sites excluding steroid dienone is 1. The summed E-state index contributed by atoms with van der Waals surface area (Å²) < 4.78 is 0. The van der Waals surface area contributed by atoms with Crippen molar-refractivity contribution in [3.8, 4) is 16.9 Å². The number of rotatable bonds is 5. The monoisotopic (exact) mass is 599 g/mol. The van der Waals surface area contributed by atoms with Crippen molar-refractivity contribution in [1.82, 2.24) is 9.80 Å². The second kappa shape index (κ2) is 10.4. The number of phenolic OH excluding ortho intramolecular Hbond substituents is 1. The molecular weight excluding hydrogens is 562 g/mol. The number of Topliss-reactive ketones (excluding diaryl/α,β-unsaturated/α-hetero) is 2. The number of nitrogens with two attached hydrogens (primary N) is 1. The first-order valence-electron chi connectivity index (χ1n) is 14.8. The number of aliphatic hydroxyl groups is 3. The summed E-state index contributed by atoms with van der Waals surface area (Å²) in [5.74, 6) is -6.65. The number of amides is 1. The van der Waals surface area contributed by atoms with E-state index in [1.807, 2.05) is 12.1 Å². The fourth-order valence-electron chi connectivity index (χ4n) is 7.77. The number of fused-ring (bicyclic) bond motifs is 3. The zero-order valence-corrected chi connectivity index (χ0v) is 25.1. The van der Waals surface area contributed by atoms with Gasteiger partial charge < -0.3 is 26.2 Å². The second-order valence-electron chi connectivity index (χ2n) is 12.7. The Morgan fingerprint density at radius 3 is 2.39 bits per heavy atom. The Morgan fingerprint density at radius 2 is 1.75 bits per heavy atom. The number of likely N-dealkylation sites (N-methyl/N-ethyl adjacent to an activating group) is 1. The van der Waals surface area contributed by atoms with Crippen molar-refractivity contribution < 1.29 is 34.8 Å². The molecule has 44 heavy (non-hydrogen) atoms. The SMILES string of the molecule is CC1C=CC(C)N1Cc1cccc(-c2ccc(O)c3c2C[C@H]2C[C@H]4[C@H](N(C)C)C(O)=C(C(N)=O)C(=O)[C@@]4(O)C(O)=C2C3=O)c1. The maximum absolute atomic E-state index is 14.1. The first-order chi connectivity index (χ1) is 20.8. The highest BCUT2D eigenvalue weighted by molar-refractivity contribution is 6.24. The highest BCUT2D eigenvalue weighted by Gasteiger charge is 2.63. The topological polar surface area (TPSA) is 165 Å². The third kappa shape index (κ3) is 4.23. The lowest BCUT2D eigenvalue weighted by Gasteiger charge is -2.50. The molecule has 1 heterocycles. The van der Waals surface area contributed by atoms with Gasteiger partial charge in [0.25, 0.3) is 5.91 Å². The van der Waals surface area contributed by atoms with E-state index in [-0.39, 0.29) is 29.7 Å². The molecular formula is C34H37N3O7. The number of aromatic hydroxyl groups is 1. The first-order valence-corrected chi connectivity index (χ1v) is 14.8. The van der Waals surface area contributed by atoms with Crippen molar-refractivity contribution in [3.05, 3.63) is 87.9 Å². The minimum atomic E-state index is -2.66. The molecule has 3 aliphatic carbocycles. The first kappa shape index (κ1) is 29.8. The van der Waals surface area contributed by atoms with Gasteiger partial charge >= 0.3 is 0 Å². The number of benzene rings is 2. The largest absolute Gasteiger partial charge is 0.510 e. The summed E-state index contributed by atoms with van der Waals surface area (Å²) in [6.07, 6.45) is 4.64. The van der Waals surface area contributed by atoms with Gasteiger partial charge in [0, 0.05) is 30.1 Å². The molecule has 2 unspecified atom stereocenters. The quantitative estimate of drug-likeness (QED) is 0.257. The maximum atomic E-state index is 14.1. The molecule has 2 aromatic carbocycles. The van der Waals surface area contributed by atoms with Crippen LogP contribution >= 0.6 is 0 Å². The summed E-state index contributed by atoms with van der Waals surface area (Å²) in [5, 5.41) is 45.2. The fourth-order valence-corrected chi connectivity index (χ4v) is 7.77. The van der Waals surface area contributed by atoms with Crippen molar-refractivity contribution in [2.24, 2.45) is 17.6 Å². The molecule has 6 rings (SSSR count). The highest BCUT2D eigenvalue weighted by atomic mass is 16.3. The molecule has 10 nitrogen and oxygen atoms in total. The van der Waals surface area contributed by atoms with Crippen LogP contribution in [0.4, 0.5) is 0 Å². The van der Waals surface area contributed by atoms with Gasteiger partial charge in [0.2, 0.25) is 5.78 Å². The Labute approximate surface area is 255 Å². The van der Waals surface area contributed by atoms with Crippen LogP contribution in [0.2, 0.25) is 0 Å². The van der Waals surface area contributed by atoms with Gasteiger partial charge in [-0.1, -0.05) is 36.4 Å². The van der Waals surface area contributed by atoms with Gasteiger partial charge in [0.15, 0.2) is 11.4 Å². The van der Waals surface area contributed by atoms with E-state index in [2.05, 4.69) is 43.0 Å². The number of carbonyl (C=O) groups excluding carboxylic acids is 3. The van der Waals surface area contributed by atoms with Crippen LogP contribution in [-0.2, 0) is 22.6 Å². The Balaban J connectivity index is 1.45. The molecule has 6 N–H and O–H groups in total. The Hall–Kier alpha value is -4.25. The van der Waals surface area contributed by atoms with E-state index in [4.69, 9.17) is 5.73 Å². The third-order valence-corrected chi connectivity index (χ3v) is 9.92. The van der Waals surface area contributed by atoms with Crippen LogP contribution < -0.4 is 5.73 Å². The number of phenols is 1. The Morgan fingerprint density at radius 1 is 1.07 bits per heavy atom.